The number of carbonyl (C=O) groups excluding carboxylic acids is 1. The second kappa shape index (κ2) is 8.46. The van der Waals surface area contributed by atoms with Crippen LogP contribution < -0.4 is 10.1 Å². The number of non-ortho nitro benzene ring substituents is 1. The van der Waals surface area contributed by atoms with Crippen LogP contribution in [0.15, 0.2) is 79.1 Å². The van der Waals surface area contributed by atoms with Gasteiger partial charge in [-0.2, -0.15) is 5.10 Å². The van der Waals surface area contributed by atoms with E-state index in [1.165, 1.54) is 16.8 Å². The summed E-state index contributed by atoms with van der Waals surface area (Å²) in [5, 5.41) is 18.1. The molecule has 0 saturated heterocycles. The number of hydrogen-bond donors (Lipinski definition) is 1. The molecule has 0 bridgehead atoms. The lowest BCUT2D eigenvalue weighted by Gasteiger charge is -2.10. The van der Waals surface area contributed by atoms with Crippen LogP contribution in [-0.2, 0) is 0 Å². The molecule has 154 valence electrons. The first-order chi connectivity index (χ1) is 15.0. The van der Waals surface area contributed by atoms with Gasteiger partial charge in [-0.1, -0.05) is 0 Å². The van der Waals surface area contributed by atoms with Crippen molar-refractivity contribution in [3.63, 3.8) is 0 Å². The Morgan fingerprint density at radius 2 is 1.81 bits per heavy atom. The van der Waals surface area contributed by atoms with Gasteiger partial charge in [0.15, 0.2) is 0 Å². The molecule has 0 aliphatic carbocycles. The molecule has 0 atom stereocenters. The Labute approximate surface area is 177 Å². The molecule has 0 unspecified atom stereocenters. The molecule has 0 fully saturated rings. The van der Waals surface area contributed by atoms with Crippen LogP contribution in [0.3, 0.4) is 0 Å². The molecule has 0 spiro atoms. The van der Waals surface area contributed by atoms with Gasteiger partial charge in [-0.25, -0.2) is 4.68 Å². The minimum atomic E-state index is -0.470. The van der Waals surface area contributed by atoms with Crippen LogP contribution in [0, 0.1) is 17.0 Å². The van der Waals surface area contributed by atoms with Crippen molar-refractivity contribution in [2.24, 2.45) is 0 Å². The number of aromatic nitrogens is 3. The van der Waals surface area contributed by atoms with Gasteiger partial charge in [-0.3, -0.25) is 19.9 Å². The predicted octanol–water partition coefficient (Wildman–Crippen LogP) is 4.53. The van der Waals surface area contributed by atoms with Gasteiger partial charge in [0, 0.05) is 30.0 Å². The lowest BCUT2D eigenvalue weighted by molar-refractivity contribution is -0.384. The number of nitrogens with zero attached hydrogens (tertiary/aromatic N) is 4. The molecule has 1 amide bonds. The molecule has 9 nitrogen and oxygen atoms in total. The number of aryl methyl sites for hydroxylation is 1. The van der Waals surface area contributed by atoms with E-state index in [1.807, 2.05) is 0 Å². The number of benzene rings is 2. The maximum Gasteiger partial charge on any atom is 0.269 e. The second-order valence-electron chi connectivity index (χ2n) is 6.63. The molecular formula is C22H17N5O4. The van der Waals surface area contributed by atoms with E-state index >= 15 is 0 Å². The summed E-state index contributed by atoms with van der Waals surface area (Å²) in [6, 6.07) is 17.9. The molecule has 1 N–H and O–H groups in total. The van der Waals surface area contributed by atoms with E-state index in [9.17, 15) is 14.9 Å². The summed E-state index contributed by atoms with van der Waals surface area (Å²) >= 11 is 0. The topological polar surface area (TPSA) is 112 Å². The van der Waals surface area contributed by atoms with Crippen LogP contribution in [0.4, 0.5) is 11.5 Å². The van der Waals surface area contributed by atoms with E-state index < -0.39 is 4.92 Å². The summed E-state index contributed by atoms with van der Waals surface area (Å²) in [7, 11) is 0. The Morgan fingerprint density at radius 1 is 1.06 bits per heavy atom. The Bertz CT molecular complexity index is 1220. The Morgan fingerprint density at radius 3 is 2.45 bits per heavy atom. The predicted molar refractivity (Wildman–Crippen MR) is 114 cm³/mol. The van der Waals surface area contributed by atoms with Crippen LogP contribution >= 0.6 is 0 Å². The second-order valence-corrected chi connectivity index (χ2v) is 6.63. The summed E-state index contributed by atoms with van der Waals surface area (Å²) in [5.41, 5.74) is 1.70. The van der Waals surface area contributed by atoms with Crippen molar-refractivity contribution >= 4 is 17.4 Å². The number of pyridine rings is 1. The first kappa shape index (κ1) is 19.8. The van der Waals surface area contributed by atoms with Crippen molar-refractivity contribution in [3.05, 3.63) is 100 Å². The van der Waals surface area contributed by atoms with Crippen molar-refractivity contribution in [2.45, 2.75) is 6.92 Å². The van der Waals surface area contributed by atoms with E-state index in [4.69, 9.17) is 4.74 Å². The smallest absolute Gasteiger partial charge is 0.269 e. The highest BCUT2D eigenvalue weighted by atomic mass is 16.6. The van der Waals surface area contributed by atoms with Gasteiger partial charge >= 0.3 is 0 Å². The molecule has 0 aliphatic rings. The standard InChI is InChI=1S/C22H17N5O4/c1-15-13-21(26(25-15)17-6-8-18(9-7-17)27(29)30)24-22(28)16-4-10-19(11-5-16)31-20-3-2-12-23-14-20/h2-14H,1H3,(H,24,28). The van der Waals surface area contributed by atoms with Crippen molar-refractivity contribution in [1.82, 2.24) is 14.8 Å². The number of rotatable bonds is 6. The first-order valence-electron chi connectivity index (χ1n) is 9.30. The molecule has 9 heteroatoms. The zero-order valence-electron chi connectivity index (χ0n) is 16.4. The third-order valence-electron chi connectivity index (χ3n) is 4.36. The fraction of sp³-hybridized carbons (Fsp3) is 0.0455. The summed E-state index contributed by atoms with van der Waals surface area (Å²) < 4.78 is 7.21. The molecule has 2 heterocycles. The number of amides is 1. The monoisotopic (exact) mass is 415 g/mol. The zero-order chi connectivity index (χ0) is 21.8. The molecule has 0 saturated carbocycles. The van der Waals surface area contributed by atoms with Gasteiger partial charge in [0.05, 0.1) is 22.5 Å². The van der Waals surface area contributed by atoms with Crippen LogP contribution in [0.25, 0.3) is 5.69 Å². The largest absolute Gasteiger partial charge is 0.456 e. The number of nitro groups is 1. The molecule has 4 aromatic rings. The van der Waals surface area contributed by atoms with Crippen LogP contribution in [0.1, 0.15) is 16.1 Å². The SMILES string of the molecule is Cc1cc(NC(=O)c2ccc(Oc3cccnc3)cc2)n(-c2ccc([N+](=O)[O-])cc2)n1. The highest BCUT2D eigenvalue weighted by Crippen LogP contribution is 2.23. The molecule has 0 aliphatic heterocycles. The van der Waals surface area contributed by atoms with E-state index in [2.05, 4.69) is 15.4 Å². The number of nitro benzene ring substituents is 1. The van der Waals surface area contributed by atoms with E-state index in [0.29, 0.717) is 34.3 Å². The normalized spacial score (nSPS) is 10.5. The average molecular weight is 415 g/mol. The quantitative estimate of drug-likeness (QED) is 0.366. The van der Waals surface area contributed by atoms with Gasteiger partial charge in [0.1, 0.15) is 17.3 Å². The van der Waals surface area contributed by atoms with Gasteiger partial charge in [0.2, 0.25) is 0 Å². The van der Waals surface area contributed by atoms with Crippen molar-refractivity contribution < 1.29 is 14.5 Å². The van der Waals surface area contributed by atoms with E-state index in [-0.39, 0.29) is 11.6 Å². The number of hydrogen-bond acceptors (Lipinski definition) is 6. The first-order valence-corrected chi connectivity index (χ1v) is 9.30. The van der Waals surface area contributed by atoms with Crippen molar-refractivity contribution in [3.8, 4) is 17.2 Å². The van der Waals surface area contributed by atoms with Gasteiger partial charge in [-0.15, -0.1) is 0 Å². The van der Waals surface area contributed by atoms with E-state index in [1.54, 1.807) is 73.9 Å². The molecule has 2 aromatic heterocycles. The van der Waals surface area contributed by atoms with Crippen LogP contribution in [-0.4, -0.2) is 25.6 Å². The van der Waals surface area contributed by atoms with Gasteiger partial charge < -0.3 is 10.1 Å². The number of ether oxygens (including phenoxy) is 1. The Hall–Kier alpha value is -4.53. The fourth-order valence-corrected chi connectivity index (χ4v) is 2.91. The molecular weight excluding hydrogens is 398 g/mol. The summed E-state index contributed by atoms with van der Waals surface area (Å²) in [6.45, 7) is 1.79. The summed E-state index contributed by atoms with van der Waals surface area (Å²) in [5.74, 6) is 1.31. The fourth-order valence-electron chi connectivity index (χ4n) is 2.91. The summed E-state index contributed by atoms with van der Waals surface area (Å²) in [4.78, 5) is 27.1. The zero-order valence-corrected chi connectivity index (χ0v) is 16.4. The molecule has 4 rings (SSSR count). The maximum atomic E-state index is 12.7. The van der Waals surface area contributed by atoms with Crippen molar-refractivity contribution in [1.29, 1.82) is 0 Å². The van der Waals surface area contributed by atoms with Gasteiger partial charge in [-0.05, 0) is 55.5 Å². The minimum Gasteiger partial charge on any atom is -0.456 e. The molecule has 0 radical (unpaired) electrons. The van der Waals surface area contributed by atoms with Crippen molar-refractivity contribution in [2.75, 3.05) is 5.32 Å². The van der Waals surface area contributed by atoms with Crippen LogP contribution in [0.2, 0.25) is 0 Å². The number of anilines is 1. The Balaban J connectivity index is 1.50. The lowest BCUT2D eigenvalue weighted by atomic mass is 10.2. The molecule has 31 heavy (non-hydrogen) atoms. The third-order valence-corrected chi connectivity index (χ3v) is 4.36. The lowest BCUT2D eigenvalue weighted by Crippen LogP contribution is -2.15. The summed E-state index contributed by atoms with van der Waals surface area (Å²) in [6.07, 6.45) is 3.26. The highest BCUT2D eigenvalue weighted by molar-refractivity contribution is 6.04. The third kappa shape index (κ3) is 4.56. The Kier molecular flexibility index (Phi) is 5.39. The van der Waals surface area contributed by atoms with Crippen LogP contribution in [0.5, 0.6) is 11.5 Å². The van der Waals surface area contributed by atoms with E-state index in [0.717, 1.165) is 0 Å². The molecule has 2 aromatic carbocycles. The number of nitrogens with one attached hydrogen (secondary N) is 1. The minimum absolute atomic E-state index is 0.0215. The van der Waals surface area contributed by atoms with Gasteiger partial charge in [0.25, 0.3) is 11.6 Å². The maximum absolute atomic E-state index is 12.7. The number of carbonyl (C=O) groups is 1. The highest BCUT2D eigenvalue weighted by Gasteiger charge is 2.14. The average Bonchev–Trinajstić information content (AvgIpc) is 3.15.